The van der Waals surface area contributed by atoms with Gasteiger partial charge in [0.2, 0.25) is 0 Å². The molecule has 114 valence electrons. The fraction of sp³-hybridized carbons (Fsp3) is 0.375. The molecule has 0 saturated carbocycles. The Bertz CT molecular complexity index is 713. The van der Waals surface area contributed by atoms with Crippen molar-refractivity contribution in [1.29, 1.82) is 0 Å². The molecule has 0 saturated heterocycles. The lowest BCUT2D eigenvalue weighted by atomic mass is 10.1. The second kappa shape index (κ2) is 6.51. The average molecular weight is 297 g/mol. The summed E-state index contributed by atoms with van der Waals surface area (Å²) in [5.41, 5.74) is 3.28. The van der Waals surface area contributed by atoms with Crippen molar-refractivity contribution >= 4 is 0 Å². The van der Waals surface area contributed by atoms with Crippen molar-refractivity contribution in [2.75, 3.05) is 0 Å². The standard InChI is InChI=1S/C16H19N5O/c1-12-15(13(2)22-18-12)11-21-16(17-19-20-21)10-6-9-14-7-4-3-5-8-14/h3-5,7-8H,6,9-11H2,1-2H3. The molecule has 22 heavy (non-hydrogen) atoms. The van der Waals surface area contributed by atoms with E-state index in [9.17, 15) is 0 Å². The normalized spacial score (nSPS) is 11.0. The van der Waals surface area contributed by atoms with Gasteiger partial charge in [0.1, 0.15) is 5.76 Å². The minimum absolute atomic E-state index is 0.606. The Morgan fingerprint density at radius 3 is 2.64 bits per heavy atom. The maximum atomic E-state index is 5.19. The maximum Gasteiger partial charge on any atom is 0.151 e. The first kappa shape index (κ1) is 14.4. The van der Waals surface area contributed by atoms with Crippen LogP contribution in [0.15, 0.2) is 34.9 Å². The van der Waals surface area contributed by atoms with Gasteiger partial charge in [-0.1, -0.05) is 35.5 Å². The molecule has 0 N–H and O–H groups in total. The zero-order valence-corrected chi connectivity index (χ0v) is 12.9. The zero-order chi connectivity index (χ0) is 15.4. The molecule has 2 aromatic heterocycles. The van der Waals surface area contributed by atoms with Crippen molar-refractivity contribution in [3.8, 4) is 0 Å². The Balaban J connectivity index is 1.63. The molecule has 0 atom stereocenters. The van der Waals surface area contributed by atoms with Gasteiger partial charge in [-0.15, -0.1) is 5.10 Å². The summed E-state index contributed by atoms with van der Waals surface area (Å²) < 4.78 is 7.02. The lowest BCUT2D eigenvalue weighted by molar-refractivity contribution is 0.391. The summed E-state index contributed by atoms with van der Waals surface area (Å²) in [7, 11) is 0. The highest BCUT2D eigenvalue weighted by Crippen LogP contribution is 2.14. The van der Waals surface area contributed by atoms with Crippen LogP contribution in [0.5, 0.6) is 0 Å². The van der Waals surface area contributed by atoms with Gasteiger partial charge in [-0.3, -0.25) is 0 Å². The van der Waals surface area contributed by atoms with Gasteiger partial charge in [0.25, 0.3) is 0 Å². The molecule has 6 heteroatoms. The molecule has 0 aliphatic rings. The summed E-state index contributed by atoms with van der Waals surface area (Å²) in [6.45, 7) is 4.45. The third-order valence-corrected chi connectivity index (χ3v) is 3.80. The van der Waals surface area contributed by atoms with Crippen molar-refractivity contribution in [1.82, 2.24) is 25.4 Å². The van der Waals surface area contributed by atoms with E-state index in [0.717, 1.165) is 42.1 Å². The van der Waals surface area contributed by atoms with E-state index in [1.807, 2.05) is 24.6 Å². The van der Waals surface area contributed by atoms with Crippen molar-refractivity contribution in [2.24, 2.45) is 0 Å². The Labute approximate surface area is 129 Å². The van der Waals surface area contributed by atoms with Gasteiger partial charge < -0.3 is 4.52 Å². The number of rotatable bonds is 6. The molecule has 2 heterocycles. The van der Waals surface area contributed by atoms with E-state index in [0.29, 0.717) is 6.54 Å². The lowest BCUT2D eigenvalue weighted by Crippen LogP contribution is -2.09. The largest absolute Gasteiger partial charge is 0.361 e. The number of hydrogen-bond acceptors (Lipinski definition) is 5. The molecule has 0 fully saturated rings. The summed E-state index contributed by atoms with van der Waals surface area (Å²) >= 11 is 0. The first-order valence-corrected chi connectivity index (χ1v) is 7.45. The van der Waals surface area contributed by atoms with E-state index < -0.39 is 0 Å². The number of nitrogens with zero attached hydrogens (tertiary/aromatic N) is 5. The van der Waals surface area contributed by atoms with Crippen molar-refractivity contribution in [2.45, 2.75) is 39.7 Å². The Kier molecular flexibility index (Phi) is 4.27. The van der Waals surface area contributed by atoms with Gasteiger partial charge >= 0.3 is 0 Å². The number of aryl methyl sites for hydroxylation is 4. The zero-order valence-electron chi connectivity index (χ0n) is 12.9. The molecule has 0 aliphatic heterocycles. The van der Waals surface area contributed by atoms with Crippen LogP contribution in [-0.2, 0) is 19.4 Å². The van der Waals surface area contributed by atoms with Gasteiger partial charge in [-0.05, 0) is 42.7 Å². The van der Waals surface area contributed by atoms with Gasteiger partial charge in [0.05, 0.1) is 12.2 Å². The van der Waals surface area contributed by atoms with Crippen LogP contribution < -0.4 is 0 Å². The quantitative estimate of drug-likeness (QED) is 0.699. The predicted octanol–water partition coefficient (Wildman–Crippen LogP) is 2.50. The third kappa shape index (κ3) is 3.21. The van der Waals surface area contributed by atoms with Crippen molar-refractivity contribution < 1.29 is 4.52 Å². The van der Waals surface area contributed by atoms with E-state index in [4.69, 9.17) is 4.52 Å². The van der Waals surface area contributed by atoms with Crippen LogP contribution in [-0.4, -0.2) is 25.4 Å². The van der Waals surface area contributed by atoms with Gasteiger partial charge in [-0.25, -0.2) is 4.68 Å². The highest BCUT2D eigenvalue weighted by Gasteiger charge is 2.13. The molecule has 1 aromatic carbocycles. The summed E-state index contributed by atoms with van der Waals surface area (Å²) in [5, 5.41) is 16.0. The second-order valence-corrected chi connectivity index (χ2v) is 5.39. The molecule has 0 amide bonds. The highest BCUT2D eigenvalue weighted by molar-refractivity contribution is 5.21. The Morgan fingerprint density at radius 1 is 1.09 bits per heavy atom. The third-order valence-electron chi connectivity index (χ3n) is 3.80. The first-order chi connectivity index (χ1) is 10.7. The molecule has 6 nitrogen and oxygen atoms in total. The first-order valence-electron chi connectivity index (χ1n) is 7.45. The monoisotopic (exact) mass is 297 g/mol. The van der Waals surface area contributed by atoms with E-state index in [2.05, 4.69) is 44.9 Å². The van der Waals surface area contributed by atoms with Crippen molar-refractivity contribution in [3.63, 3.8) is 0 Å². The van der Waals surface area contributed by atoms with Gasteiger partial charge in [-0.2, -0.15) is 0 Å². The van der Waals surface area contributed by atoms with E-state index in [-0.39, 0.29) is 0 Å². The fourth-order valence-electron chi connectivity index (χ4n) is 2.50. The molecule has 0 unspecified atom stereocenters. The molecule has 3 rings (SSSR count). The highest BCUT2D eigenvalue weighted by atomic mass is 16.5. The topological polar surface area (TPSA) is 69.6 Å². The number of aromatic nitrogens is 5. The van der Waals surface area contributed by atoms with Crippen LogP contribution in [0.3, 0.4) is 0 Å². The van der Waals surface area contributed by atoms with Crippen LogP contribution >= 0.6 is 0 Å². The molecule has 3 aromatic rings. The van der Waals surface area contributed by atoms with E-state index in [1.54, 1.807) is 0 Å². The van der Waals surface area contributed by atoms with E-state index >= 15 is 0 Å². The fourth-order valence-corrected chi connectivity index (χ4v) is 2.50. The summed E-state index contributed by atoms with van der Waals surface area (Å²) in [6, 6.07) is 10.5. The van der Waals surface area contributed by atoms with Crippen LogP contribution in [0.25, 0.3) is 0 Å². The smallest absolute Gasteiger partial charge is 0.151 e. The maximum absolute atomic E-state index is 5.19. The number of tetrazole rings is 1. The average Bonchev–Trinajstić information content (AvgIpc) is 3.10. The molecular formula is C16H19N5O. The summed E-state index contributed by atoms with van der Waals surface area (Å²) in [6.07, 6.45) is 2.90. The van der Waals surface area contributed by atoms with Gasteiger partial charge in [0, 0.05) is 12.0 Å². The number of benzene rings is 1. The molecule has 0 spiro atoms. The Hall–Kier alpha value is -2.50. The van der Waals surface area contributed by atoms with E-state index in [1.165, 1.54) is 5.56 Å². The molecule has 0 radical (unpaired) electrons. The SMILES string of the molecule is Cc1noc(C)c1Cn1nnnc1CCCc1ccccc1. The predicted molar refractivity (Wildman–Crippen MR) is 81.4 cm³/mol. The minimum Gasteiger partial charge on any atom is -0.361 e. The number of hydrogen-bond donors (Lipinski definition) is 0. The lowest BCUT2D eigenvalue weighted by Gasteiger charge is -2.04. The van der Waals surface area contributed by atoms with Gasteiger partial charge in [0.15, 0.2) is 5.82 Å². The molecular weight excluding hydrogens is 278 g/mol. The summed E-state index contributed by atoms with van der Waals surface area (Å²) in [4.78, 5) is 0. The van der Waals surface area contributed by atoms with Crippen LogP contribution in [0.1, 0.15) is 34.8 Å². The van der Waals surface area contributed by atoms with Crippen LogP contribution in [0.2, 0.25) is 0 Å². The second-order valence-electron chi connectivity index (χ2n) is 5.39. The molecule has 0 aliphatic carbocycles. The Morgan fingerprint density at radius 2 is 1.91 bits per heavy atom. The molecule has 0 bridgehead atoms. The van der Waals surface area contributed by atoms with Crippen molar-refractivity contribution in [3.05, 3.63) is 58.7 Å². The minimum atomic E-state index is 0.606. The van der Waals surface area contributed by atoms with Crippen LogP contribution in [0.4, 0.5) is 0 Å². The van der Waals surface area contributed by atoms with Crippen LogP contribution in [0, 0.1) is 13.8 Å². The summed E-state index contributed by atoms with van der Waals surface area (Å²) in [5.74, 6) is 1.72.